The van der Waals surface area contributed by atoms with E-state index in [0.29, 0.717) is 35.6 Å². The Balaban J connectivity index is 1.77. The molecule has 1 amide bonds. The van der Waals surface area contributed by atoms with Crippen LogP contribution in [-0.4, -0.2) is 25.9 Å². The highest BCUT2D eigenvalue weighted by atomic mass is 79.9. The third kappa shape index (κ3) is 3.74. The van der Waals surface area contributed by atoms with Crippen molar-refractivity contribution >= 4 is 27.6 Å². The number of rotatable bonds is 4. The zero-order valence-electron chi connectivity index (χ0n) is 16.6. The molecule has 2 atom stereocenters. The topological polar surface area (TPSA) is 64.6 Å². The maximum Gasteiger partial charge on any atom is 0.225 e. The first-order chi connectivity index (χ1) is 14.4. The Kier molecular flexibility index (Phi) is 5.64. The quantitative estimate of drug-likeness (QED) is 0.703. The van der Waals surface area contributed by atoms with Gasteiger partial charge in [0.15, 0.2) is 5.78 Å². The second-order valence-electron chi connectivity index (χ2n) is 7.51. The molecule has 4 rings (SSSR count). The van der Waals surface area contributed by atoms with E-state index in [-0.39, 0.29) is 29.8 Å². The molecule has 0 radical (unpaired) electrons. The maximum absolute atomic E-state index is 13.3. The van der Waals surface area contributed by atoms with Crippen LogP contribution in [-0.2, 0) is 9.59 Å². The van der Waals surface area contributed by atoms with E-state index in [0.717, 1.165) is 15.6 Å². The van der Waals surface area contributed by atoms with E-state index < -0.39 is 5.92 Å². The molecule has 0 bridgehead atoms. The summed E-state index contributed by atoms with van der Waals surface area (Å²) in [5, 5.41) is 2.90. The van der Waals surface area contributed by atoms with Gasteiger partial charge in [0.1, 0.15) is 17.3 Å². The lowest BCUT2D eigenvalue weighted by Crippen LogP contribution is -2.38. The number of amides is 1. The van der Waals surface area contributed by atoms with Gasteiger partial charge in [-0.05, 0) is 58.1 Å². The van der Waals surface area contributed by atoms with Crippen LogP contribution >= 0.6 is 15.9 Å². The first kappa shape index (κ1) is 20.6. The van der Waals surface area contributed by atoms with E-state index in [1.807, 2.05) is 6.07 Å². The maximum atomic E-state index is 13.3. The van der Waals surface area contributed by atoms with Gasteiger partial charge in [-0.1, -0.05) is 12.1 Å². The zero-order valence-corrected chi connectivity index (χ0v) is 18.2. The normalized spacial score (nSPS) is 21.2. The minimum absolute atomic E-state index is 0.0143. The highest BCUT2D eigenvalue weighted by Gasteiger charge is 2.39. The van der Waals surface area contributed by atoms with Crippen molar-refractivity contribution in [3.8, 4) is 11.5 Å². The number of hydrogen-bond acceptors (Lipinski definition) is 4. The fourth-order valence-electron chi connectivity index (χ4n) is 4.35. The number of benzene rings is 2. The van der Waals surface area contributed by atoms with Crippen molar-refractivity contribution in [2.45, 2.75) is 31.1 Å². The molecule has 1 heterocycles. The van der Waals surface area contributed by atoms with Crippen LogP contribution in [0.2, 0.25) is 0 Å². The minimum Gasteiger partial charge on any atom is -0.496 e. The number of carbonyl (C=O) groups excluding carboxylic acids is 2. The predicted octanol–water partition coefficient (Wildman–Crippen LogP) is 4.61. The highest BCUT2D eigenvalue weighted by molar-refractivity contribution is 9.10. The molecule has 2 aromatic carbocycles. The smallest absolute Gasteiger partial charge is 0.225 e. The fraction of sp³-hybridized carbons (Fsp3) is 0.304. The van der Waals surface area contributed by atoms with Gasteiger partial charge >= 0.3 is 0 Å². The van der Waals surface area contributed by atoms with Gasteiger partial charge in [0, 0.05) is 35.6 Å². The Labute approximate surface area is 182 Å². The second kappa shape index (κ2) is 8.22. The van der Waals surface area contributed by atoms with Crippen LogP contribution < -0.4 is 14.8 Å². The number of halogens is 2. The summed E-state index contributed by atoms with van der Waals surface area (Å²) >= 11 is 3.45. The molecule has 1 aliphatic heterocycles. The van der Waals surface area contributed by atoms with Crippen molar-refractivity contribution < 1.29 is 23.5 Å². The number of carbonyl (C=O) groups is 2. The lowest BCUT2D eigenvalue weighted by atomic mass is 9.73. The summed E-state index contributed by atoms with van der Waals surface area (Å²) in [6.45, 7) is 0. The van der Waals surface area contributed by atoms with Gasteiger partial charge in [-0.2, -0.15) is 0 Å². The van der Waals surface area contributed by atoms with Gasteiger partial charge in [0.05, 0.1) is 18.7 Å². The lowest BCUT2D eigenvalue weighted by Gasteiger charge is -2.35. The van der Waals surface area contributed by atoms with Gasteiger partial charge in [-0.15, -0.1) is 0 Å². The standard InChI is InChI=1S/C23H21BrFNO4/c1-29-20-11-17(24)21(30-2)9-15(20)16-10-22(28)26-18-7-13(8-19(27)23(16)18)12-3-5-14(25)6-4-12/h3-6,9,11,13,16H,7-8,10H2,1-2H3,(H,26,28)/t13-,16+/m1/s1. The average Bonchev–Trinajstić information content (AvgIpc) is 2.73. The third-order valence-electron chi connectivity index (χ3n) is 5.76. The van der Waals surface area contributed by atoms with Crippen LogP contribution in [0.4, 0.5) is 4.39 Å². The minimum atomic E-state index is -0.410. The van der Waals surface area contributed by atoms with Crippen LogP contribution in [0.15, 0.2) is 52.1 Å². The number of ether oxygens (including phenoxy) is 2. The molecule has 30 heavy (non-hydrogen) atoms. The Morgan fingerprint density at radius 1 is 1.00 bits per heavy atom. The largest absolute Gasteiger partial charge is 0.496 e. The number of hydrogen-bond donors (Lipinski definition) is 1. The molecular formula is C23H21BrFNO4. The summed E-state index contributed by atoms with van der Waals surface area (Å²) < 4.78 is 25.0. The third-order valence-corrected chi connectivity index (χ3v) is 6.38. The fourth-order valence-corrected chi connectivity index (χ4v) is 4.84. The van der Waals surface area contributed by atoms with Gasteiger partial charge in [0.25, 0.3) is 0 Å². The van der Waals surface area contributed by atoms with Crippen molar-refractivity contribution in [1.29, 1.82) is 0 Å². The van der Waals surface area contributed by atoms with Crippen molar-refractivity contribution in [2.75, 3.05) is 14.2 Å². The molecule has 1 aliphatic carbocycles. The lowest BCUT2D eigenvalue weighted by molar-refractivity contribution is -0.122. The first-order valence-corrected chi connectivity index (χ1v) is 10.4. The summed E-state index contributed by atoms with van der Waals surface area (Å²) in [5.41, 5.74) is 2.89. The van der Waals surface area contributed by atoms with Crippen LogP contribution in [0.3, 0.4) is 0 Å². The molecule has 0 saturated heterocycles. The molecule has 2 aliphatic rings. The SMILES string of the molecule is COc1cc([C@@H]2CC(=O)NC3=C2C(=O)C[C@H](c2ccc(F)cc2)C3)c(OC)cc1Br. The molecular weight excluding hydrogens is 453 g/mol. The average molecular weight is 474 g/mol. The van der Waals surface area contributed by atoms with Crippen molar-refractivity contribution in [1.82, 2.24) is 5.32 Å². The number of ketones is 1. The Morgan fingerprint density at radius 3 is 2.37 bits per heavy atom. The highest BCUT2D eigenvalue weighted by Crippen LogP contribution is 2.46. The van der Waals surface area contributed by atoms with E-state index in [1.54, 1.807) is 32.4 Å². The molecule has 156 valence electrons. The summed E-state index contributed by atoms with van der Waals surface area (Å²) in [5.74, 6) is 0.205. The van der Waals surface area contributed by atoms with Crippen LogP contribution in [0.25, 0.3) is 0 Å². The second-order valence-corrected chi connectivity index (χ2v) is 8.36. The Morgan fingerprint density at radius 2 is 1.70 bits per heavy atom. The number of allylic oxidation sites excluding steroid dienone is 2. The molecule has 0 fully saturated rings. The zero-order chi connectivity index (χ0) is 21.4. The summed E-state index contributed by atoms with van der Waals surface area (Å²) in [7, 11) is 3.12. The summed E-state index contributed by atoms with van der Waals surface area (Å²) in [6.07, 6.45) is 0.991. The van der Waals surface area contributed by atoms with Crippen LogP contribution in [0.1, 0.15) is 42.2 Å². The number of nitrogens with one attached hydrogen (secondary N) is 1. The van der Waals surface area contributed by atoms with E-state index in [9.17, 15) is 14.0 Å². The van der Waals surface area contributed by atoms with Gasteiger partial charge in [-0.3, -0.25) is 9.59 Å². The number of Topliss-reactive ketones (excluding diaryl/α,β-unsaturated/α-hetero) is 1. The number of methoxy groups -OCH3 is 2. The molecule has 0 saturated carbocycles. The molecule has 1 N–H and O–H groups in total. The van der Waals surface area contributed by atoms with E-state index >= 15 is 0 Å². The van der Waals surface area contributed by atoms with Crippen LogP contribution in [0, 0.1) is 5.82 Å². The monoisotopic (exact) mass is 473 g/mol. The first-order valence-electron chi connectivity index (χ1n) is 9.64. The molecule has 5 nitrogen and oxygen atoms in total. The van der Waals surface area contributed by atoms with Gasteiger partial charge in [0.2, 0.25) is 5.91 Å². The molecule has 7 heteroatoms. The predicted molar refractivity (Wildman–Crippen MR) is 113 cm³/mol. The Hall–Kier alpha value is -2.67. The molecule has 0 aromatic heterocycles. The molecule has 0 unspecified atom stereocenters. The van der Waals surface area contributed by atoms with Gasteiger partial charge in [-0.25, -0.2) is 4.39 Å². The van der Waals surface area contributed by atoms with Crippen molar-refractivity contribution in [3.05, 3.63) is 69.1 Å². The Bertz CT molecular complexity index is 1050. The summed E-state index contributed by atoms with van der Waals surface area (Å²) in [4.78, 5) is 25.8. The van der Waals surface area contributed by atoms with Crippen LogP contribution in [0.5, 0.6) is 11.5 Å². The van der Waals surface area contributed by atoms with E-state index in [2.05, 4.69) is 21.2 Å². The molecule has 2 aromatic rings. The van der Waals surface area contributed by atoms with Crippen molar-refractivity contribution in [3.63, 3.8) is 0 Å². The van der Waals surface area contributed by atoms with E-state index in [1.165, 1.54) is 12.1 Å². The molecule has 0 spiro atoms. The van der Waals surface area contributed by atoms with Crippen molar-refractivity contribution in [2.24, 2.45) is 0 Å². The van der Waals surface area contributed by atoms with E-state index in [4.69, 9.17) is 9.47 Å². The summed E-state index contributed by atoms with van der Waals surface area (Å²) in [6, 6.07) is 9.79. The van der Waals surface area contributed by atoms with Gasteiger partial charge < -0.3 is 14.8 Å².